The van der Waals surface area contributed by atoms with Crippen LogP contribution in [-0.4, -0.2) is 63.9 Å². The minimum atomic E-state index is -3.39. The molecule has 0 saturated carbocycles. The maximum absolute atomic E-state index is 11.2. The lowest BCUT2D eigenvalue weighted by atomic mass is 9.94. The number of hydrogen-bond acceptors (Lipinski definition) is 6. The molecule has 0 atom stereocenters. The first-order valence-electron chi connectivity index (χ1n) is 10.5. The standard InChI is InChI=1S/C17H19NO3S.C6H14N2.2ClH/c1-22(19,20)21-16-12-18(13-16)17(14-8-4-2-5-9-14)15-10-6-3-7-11-15;1-5(2)8-6-3-7-4-6;;/h2-11,16-17H,12-13H2,1H3;5-8H,3-4H2,1-2H3;2*1H. The van der Waals surface area contributed by atoms with E-state index in [2.05, 4.69) is 53.6 Å². The second-order valence-corrected chi connectivity index (χ2v) is 9.88. The summed E-state index contributed by atoms with van der Waals surface area (Å²) < 4.78 is 27.5. The van der Waals surface area contributed by atoms with E-state index >= 15 is 0 Å². The van der Waals surface area contributed by atoms with Crippen LogP contribution in [0.5, 0.6) is 0 Å². The summed E-state index contributed by atoms with van der Waals surface area (Å²) in [7, 11) is -3.39. The third-order valence-corrected chi connectivity index (χ3v) is 5.76. The van der Waals surface area contributed by atoms with Gasteiger partial charge in [-0.2, -0.15) is 8.42 Å². The Bertz CT molecular complexity index is 836. The van der Waals surface area contributed by atoms with E-state index in [4.69, 9.17) is 4.18 Å². The van der Waals surface area contributed by atoms with Crippen LogP contribution in [0, 0.1) is 0 Å². The highest BCUT2D eigenvalue weighted by Crippen LogP contribution is 2.33. The normalized spacial score (nSPS) is 16.8. The summed E-state index contributed by atoms with van der Waals surface area (Å²) in [6, 6.07) is 22.0. The number of nitrogens with zero attached hydrogens (tertiary/aromatic N) is 1. The Labute approximate surface area is 205 Å². The zero-order chi connectivity index (χ0) is 21.6. The van der Waals surface area contributed by atoms with Crippen LogP contribution in [0.3, 0.4) is 0 Å². The third-order valence-electron chi connectivity index (χ3n) is 5.13. The third kappa shape index (κ3) is 8.98. The number of hydrogen-bond donors (Lipinski definition) is 2. The molecule has 6 nitrogen and oxygen atoms in total. The zero-order valence-electron chi connectivity index (χ0n) is 18.8. The molecule has 0 aliphatic carbocycles. The van der Waals surface area contributed by atoms with Gasteiger partial charge in [0.25, 0.3) is 10.1 Å². The van der Waals surface area contributed by atoms with Gasteiger partial charge in [0.1, 0.15) is 6.10 Å². The molecule has 4 rings (SSSR count). The first-order valence-corrected chi connectivity index (χ1v) is 12.3. The molecule has 0 spiro atoms. The summed E-state index contributed by atoms with van der Waals surface area (Å²) in [4.78, 5) is 2.24. The van der Waals surface area contributed by atoms with Crippen molar-refractivity contribution in [2.45, 2.75) is 38.1 Å². The molecule has 0 aromatic heterocycles. The summed E-state index contributed by atoms with van der Waals surface area (Å²) in [5.74, 6) is 0. The summed E-state index contributed by atoms with van der Waals surface area (Å²) in [6.45, 7) is 7.88. The smallest absolute Gasteiger partial charge is 0.264 e. The van der Waals surface area contributed by atoms with Gasteiger partial charge < -0.3 is 10.6 Å². The average Bonchev–Trinajstić information content (AvgIpc) is 2.64. The molecule has 32 heavy (non-hydrogen) atoms. The molecule has 2 aromatic rings. The first kappa shape index (κ1) is 28.8. The minimum absolute atomic E-state index is 0. The minimum Gasteiger partial charge on any atom is -0.314 e. The fraction of sp³-hybridized carbons (Fsp3) is 0.478. The zero-order valence-corrected chi connectivity index (χ0v) is 21.3. The van der Waals surface area contributed by atoms with E-state index < -0.39 is 10.1 Å². The Balaban J connectivity index is 0.000000437. The molecule has 0 radical (unpaired) electrons. The summed E-state index contributed by atoms with van der Waals surface area (Å²) >= 11 is 0. The van der Waals surface area contributed by atoms with Crippen molar-refractivity contribution in [3.05, 3.63) is 71.8 Å². The highest BCUT2D eigenvalue weighted by atomic mass is 35.5. The van der Waals surface area contributed by atoms with E-state index in [0.717, 1.165) is 25.4 Å². The molecule has 0 amide bonds. The van der Waals surface area contributed by atoms with Gasteiger partial charge in [-0.25, -0.2) is 0 Å². The second kappa shape index (κ2) is 13.5. The highest BCUT2D eigenvalue weighted by molar-refractivity contribution is 7.86. The van der Waals surface area contributed by atoms with Crippen molar-refractivity contribution in [3.63, 3.8) is 0 Å². The fourth-order valence-corrected chi connectivity index (χ4v) is 4.37. The topological polar surface area (TPSA) is 70.7 Å². The molecule has 9 heteroatoms. The molecule has 2 fully saturated rings. The van der Waals surface area contributed by atoms with Crippen LogP contribution in [0.25, 0.3) is 0 Å². The SMILES string of the molecule is CC(C)NC1CNC1.CS(=O)(=O)OC1CN(C(c2ccccc2)c2ccccc2)C1.Cl.Cl. The predicted octanol–water partition coefficient (Wildman–Crippen LogP) is 3.24. The van der Waals surface area contributed by atoms with E-state index in [-0.39, 0.29) is 37.0 Å². The summed E-state index contributed by atoms with van der Waals surface area (Å²) in [6.07, 6.45) is 0.853. The molecule has 180 valence electrons. The van der Waals surface area contributed by atoms with E-state index in [1.54, 1.807) is 0 Å². The number of nitrogens with one attached hydrogen (secondary N) is 2. The maximum Gasteiger partial charge on any atom is 0.264 e. The van der Waals surface area contributed by atoms with Crippen molar-refractivity contribution in [1.29, 1.82) is 0 Å². The molecule has 2 N–H and O–H groups in total. The lowest BCUT2D eigenvalue weighted by Gasteiger charge is -2.43. The monoisotopic (exact) mass is 503 g/mol. The summed E-state index contributed by atoms with van der Waals surface area (Å²) in [5.41, 5.74) is 2.40. The lowest BCUT2D eigenvalue weighted by molar-refractivity contribution is 0.00475. The fourth-order valence-electron chi connectivity index (χ4n) is 3.75. The second-order valence-electron chi connectivity index (χ2n) is 8.28. The van der Waals surface area contributed by atoms with E-state index in [1.807, 2.05) is 36.4 Å². The number of rotatable bonds is 7. The van der Waals surface area contributed by atoms with Crippen LogP contribution in [-0.2, 0) is 14.3 Å². The summed E-state index contributed by atoms with van der Waals surface area (Å²) in [5, 5.41) is 6.62. The average molecular weight is 505 g/mol. The van der Waals surface area contributed by atoms with Gasteiger partial charge in [-0.15, -0.1) is 24.8 Å². The maximum atomic E-state index is 11.2. The Morgan fingerprint density at radius 3 is 1.72 bits per heavy atom. The van der Waals surface area contributed by atoms with E-state index in [9.17, 15) is 8.42 Å². The molecule has 2 saturated heterocycles. The van der Waals surface area contributed by atoms with Crippen LogP contribution in [0.2, 0.25) is 0 Å². The van der Waals surface area contributed by atoms with Gasteiger partial charge in [0.15, 0.2) is 0 Å². The van der Waals surface area contributed by atoms with Crippen LogP contribution in [0.4, 0.5) is 0 Å². The van der Waals surface area contributed by atoms with E-state index in [1.165, 1.54) is 11.1 Å². The van der Waals surface area contributed by atoms with Gasteiger partial charge in [0.2, 0.25) is 0 Å². The van der Waals surface area contributed by atoms with Crippen molar-refractivity contribution in [2.75, 3.05) is 32.4 Å². The predicted molar refractivity (Wildman–Crippen MR) is 135 cm³/mol. The van der Waals surface area contributed by atoms with Gasteiger partial charge in [-0.1, -0.05) is 74.5 Å². The van der Waals surface area contributed by atoms with Gasteiger partial charge in [-0.05, 0) is 11.1 Å². The number of benzene rings is 2. The Hall–Kier alpha value is -1.19. The van der Waals surface area contributed by atoms with E-state index in [0.29, 0.717) is 19.1 Å². The first-order chi connectivity index (χ1) is 14.3. The lowest BCUT2D eigenvalue weighted by Crippen LogP contribution is -2.57. The van der Waals surface area contributed by atoms with Crippen LogP contribution < -0.4 is 10.6 Å². The molecule has 2 aliphatic heterocycles. The van der Waals surface area contributed by atoms with Crippen molar-refractivity contribution in [3.8, 4) is 0 Å². The van der Waals surface area contributed by atoms with Gasteiger partial charge in [-0.3, -0.25) is 9.08 Å². The largest absolute Gasteiger partial charge is 0.314 e. The molecule has 2 aliphatic rings. The van der Waals surface area contributed by atoms with Crippen LogP contribution in [0.15, 0.2) is 60.7 Å². The van der Waals surface area contributed by atoms with Crippen molar-refractivity contribution in [1.82, 2.24) is 15.5 Å². The van der Waals surface area contributed by atoms with Gasteiger partial charge in [0.05, 0.1) is 12.3 Å². The highest BCUT2D eigenvalue weighted by Gasteiger charge is 2.36. The van der Waals surface area contributed by atoms with Crippen LogP contribution >= 0.6 is 24.8 Å². The van der Waals surface area contributed by atoms with Crippen LogP contribution in [0.1, 0.15) is 31.0 Å². The number of halogens is 2. The molecule has 2 heterocycles. The molecular formula is C23H35Cl2N3O3S. The van der Waals surface area contributed by atoms with Gasteiger partial charge >= 0.3 is 0 Å². The van der Waals surface area contributed by atoms with Crippen molar-refractivity contribution >= 4 is 34.9 Å². The van der Waals surface area contributed by atoms with Crippen molar-refractivity contribution in [2.24, 2.45) is 0 Å². The molecule has 0 bridgehead atoms. The van der Waals surface area contributed by atoms with Crippen molar-refractivity contribution < 1.29 is 12.6 Å². The quantitative estimate of drug-likeness (QED) is 0.565. The number of likely N-dealkylation sites (tertiary alicyclic amines) is 1. The Morgan fingerprint density at radius 2 is 1.41 bits per heavy atom. The molecule has 0 unspecified atom stereocenters. The Kier molecular flexibility index (Phi) is 12.2. The van der Waals surface area contributed by atoms with Gasteiger partial charge in [0, 0.05) is 38.3 Å². The molecule has 2 aromatic carbocycles. The molecular weight excluding hydrogens is 469 g/mol. The Morgan fingerprint density at radius 1 is 0.938 bits per heavy atom.